The molecule has 0 radical (unpaired) electrons. The number of nitrogens with zero attached hydrogens (tertiary/aromatic N) is 5. The highest BCUT2D eigenvalue weighted by atomic mass is 16.6. The van der Waals surface area contributed by atoms with Gasteiger partial charge in [0.25, 0.3) is 11.2 Å². The van der Waals surface area contributed by atoms with Crippen LogP contribution in [-0.4, -0.2) is 32.5 Å². The summed E-state index contributed by atoms with van der Waals surface area (Å²) >= 11 is 0. The Kier molecular flexibility index (Phi) is 5.83. The van der Waals surface area contributed by atoms with Crippen molar-refractivity contribution >= 4 is 11.6 Å². The number of non-ortho nitro benzene ring substituents is 1. The number of benzene rings is 1. The van der Waals surface area contributed by atoms with Gasteiger partial charge in [-0.15, -0.1) is 0 Å². The lowest BCUT2D eigenvalue weighted by atomic mass is 10.1. The fourth-order valence-corrected chi connectivity index (χ4v) is 3.76. The largest absolute Gasteiger partial charge is 0.342 e. The van der Waals surface area contributed by atoms with Gasteiger partial charge in [0.1, 0.15) is 0 Å². The highest BCUT2D eigenvalue weighted by Gasteiger charge is 2.20. The normalized spacial score (nSPS) is 13.1. The number of pyridine rings is 1. The zero-order chi connectivity index (χ0) is 20.9. The molecule has 0 amide bonds. The number of aromatic nitrogens is 3. The van der Waals surface area contributed by atoms with E-state index in [0.717, 1.165) is 55.8 Å². The van der Waals surface area contributed by atoms with Crippen LogP contribution in [0.1, 0.15) is 24.8 Å². The first-order chi connectivity index (χ1) is 14.6. The number of aryl methyl sites for hydroxylation is 1. The summed E-state index contributed by atoms with van der Waals surface area (Å²) in [4.78, 5) is 34.0. The Balaban J connectivity index is 1.42. The molecule has 0 bridgehead atoms. The van der Waals surface area contributed by atoms with E-state index in [0.29, 0.717) is 12.2 Å². The van der Waals surface area contributed by atoms with Gasteiger partial charge in [0.2, 0.25) is 5.95 Å². The van der Waals surface area contributed by atoms with Crippen LogP contribution < -0.4 is 10.5 Å². The number of rotatable bonds is 7. The minimum Gasteiger partial charge on any atom is -0.342 e. The van der Waals surface area contributed by atoms with E-state index in [1.54, 1.807) is 35.2 Å². The van der Waals surface area contributed by atoms with E-state index in [2.05, 4.69) is 9.88 Å². The van der Waals surface area contributed by atoms with Crippen molar-refractivity contribution in [1.29, 1.82) is 0 Å². The Hall–Kier alpha value is -3.55. The molecule has 0 spiro atoms. The number of nitro benzene ring substituents is 1. The second-order valence-corrected chi connectivity index (χ2v) is 7.39. The van der Waals surface area contributed by atoms with Crippen LogP contribution in [0.5, 0.6) is 0 Å². The fraction of sp³-hybridized carbons (Fsp3) is 0.318. The van der Waals surface area contributed by atoms with Gasteiger partial charge in [0, 0.05) is 55.8 Å². The number of hydrogen-bond donors (Lipinski definition) is 0. The van der Waals surface area contributed by atoms with E-state index >= 15 is 0 Å². The van der Waals surface area contributed by atoms with Gasteiger partial charge < -0.3 is 4.90 Å². The third-order valence-electron chi connectivity index (χ3n) is 5.35. The second kappa shape index (κ2) is 8.86. The minimum atomic E-state index is -0.382. The maximum atomic E-state index is 12.6. The Morgan fingerprint density at radius 3 is 2.53 bits per heavy atom. The molecule has 0 aliphatic carbocycles. The van der Waals surface area contributed by atoms with Gasteiger partial charge in [0.05, 0.1) is 10.6 Å². The molecule has 0 fully saturated rings. The Bertz CT molecular complexity index is 1080. The van der Waals surface area contributed by atoms with E-state index in [4.69, 9.17) is 4.98 Å². The van der Waals surface area contributed by atoms with E-state index in [1.165, 1.54) is 0 Å². The minimum absolute atomic E-state index is 0.0256. The third-order valence-corrected chi connectivity index (χ3v) is 5.35. The lowest BCUT2D eigenvalue weighted by Gasteiger charge is -2.31. The predicted octanol–water partition coefficient (Wildman–Crippen LogP) is 3.45. The van der Waals surface area contributed by atoms with Crippen molar-refractivity contribution in [2.24, 2.45) is 0 Å². The summed E-state index contributed by atoms with van der Waals surface area (Å²) in [7, 11) is 0. The summed E-state index contributed by atoms with van der Waals surface area (Å²) < 4.78 is 1.75. The fourth-order valence-electron chi connectivity index (χ4n) is 3.76. The number of anilines is 1. The standard InChI is InChI=1S/C22H23N5O3/c28-21-16-20(18-9-11-23-12-10-18)24-22-25(14-3-15-26(21)22)13-2-1-4-17-5-7-19(8-6-17)27(29)30/h5-12,16H,1-4,13-15H2. The zero-order valence-electron chi connectivity index (χ0n) is 16.6. The average molecular weight is 405 g/mol. The molecule has 1 aliphatic heterocycles. The molecule has 0 unspecified atom stereocenters. The average Bonchev–Trinajstić information content (AvgIpc) is 2.78. The van der Waals surface area contributed by atoms with Crippen LogP contribution in [0.3, 0.4) is 0 Å². The van der Waals surface area contributed by atoms with E-state index in [1.807, 2.05) is 24.3 Å². The number of fused-ring (bicyclic) bond motifs is 1. The smallest absolute Gasteiger partial charge is 0.269 e. The van der Waals surface area contributed by atoms with Crippen molar-refractivity contribution in [2.75, 3.05) is 18.0 Å². The van der Waals surface area contributed by atoms with Crippen LogP contribution in [0.15, 0.2) is 59.7 Å². The van der Waals surface area contributed by atoms with Crippen molar-refractivity contribution in [2.45, 2.75) is 32.2 Å². The number of nitro groups is 1. The topological polar surface area (TPSA) is 94.2 Å². The highest BCUT2D eigenvalue weighted by Crippen LogP contribution is 2.22. The molecular weight excluding hydrogens is 382 g/mol. The molecule has 3 heterocycles. The molecule has 0 saturated heterocycles. The summed E-state index contributed by atoms with van der Waals surface area (Å²) in [6, 6.07) is 12.0. The van der Waals surface area contributed by atoms with Crippen molar-refractivity contribution in [3.63, 3.8) is 0 Å². The van der Waals surface area contributed by atoms with Gasteiger partial charge in [-0.25, -0.2) is 4.98 Å². The monoisotopic (exact) mass is 405 g/mol. The number of unbranched alkanes of at least 4 members (excludes halogenated alkanes) is 1. The van der Waals surface area contributed by atoms with Gasteiger partial charge in [-0.05, 0) is 43.4 Å². The molecule has 4 rings (SSSR count). The molecule has 2 aromatic heterocycles. The van der Waals surface area contributed by atoms with Crippen LogP contribution in [0.25, 0.3) is 11.3 Å². The quantitative estimate of drug-likeness (QED) is 0.339. The summed E-state index contributed by atoms with van der Waals surface area (Å²) in [5, 5.41) is 10.8. The first-order valence-corrected chi connectivity index (χ1v) is 10.1. The molecule has 30 heavy (non-hydrogen) atoms. The SMILES string of the molecule is O=c1cc(-c2ccncc2)nc2n1CCCN2CCCCc1ccc([N+](=O)[O-])cc1. The Morgan fingerprint density at radius 2 is 1.80 bits per heavy atom. The van der Waals surface area contributed by atoms with Gasteiger partial charge >= 0.3 is 0 Å². The summed E-state index contributed by atoms with van der Waals surface area (Å²) in [6.45, 7) is 2.39. The van der Waals surface area contributed by atoms with Gasteiger partial charge in [-0.1, -0.05) is 12.1 Å². The van der Waals surface area contributed by atoms with Crippen LogP contribution in [-0.2, 0) is 13.0 Å². The maximum absolute atomic E-state index is 12.6. The molecule has 0 N–H and O–H groups in total. The van der Waals surface area contributed by atoms with Crippen LogP contribution in [0.4, 0.5) is 11.6 Å². The van der Waals surface area contributed by atoms with Crippen LogP contribution in [0, 0.1) is 10.1 Å². The van der Waals surface area contributed by atoms with Crippen molar-refractivity contribution < 1.29 is 4.92 Å². The molecule has 0 atom stereocenters. The van der Waals surface area contributed by atoms with Crippen molar-refractivity contribution in [3.05, 3.63) is 80.9 Å². The molecule has 154 valence electrons. The number of hydrogen-bond acceptors (Lipinski definition) is 6. The lowest BCUT2D eigenvalue weighted by molar-refractivity contribution is -0.384. The van der Waals surface area contributed by atoms with E-state index < -0.39 is 0 Å². The van der Waals surface area contributed by atoms with Gasteiger partial charge in [0.15, 0.2) is 0 Å². The molecule has 3 aromatic rings. The third kappa shape index (κ3) is 4.37. The van der Waals surface area contributed by atoms with E-state index in [9.17, 15) is 14.9 Å². The zero-order valence-corrected chi connectivity index (χ0v) is 16.6. The summed E-state index contributed by atoms with van der Waals surface area (Å²) in [6.07, 6.45) is 7.09. The molecule has 1 aromatic carbocycles. The predicted molar refractivity (Wildman–Crippen MR) is 115 cm³/mol. The molecule has 8 heteroatoms. The molecular formula is C22H23N5O3. The maximum Gasteiger partial charge on any atom is 0.269 e. The van der Waals surface area contributed by atoms with Crippen LogP contribution in [0.2, 0.25) is 0 Å². The Morgan fingerprint density at radius 1 is 1.03 bits per heavy atom. The highest BCUT2D eigenvalue weighted by molar-refractivity contribution is 5.59. The van der Waals surface area contributed by atoms with Crippen molar-refractivity contribution in [1.82, 2.24) is 14.5 Å². The first-order valence-electron chi connectivity index (χ1n) is 10.1. The molecule has 8 nitrogen and oxygen atoms in total. The summed E-state index contributed by atoms with van der Waals surface area (Å²) in [5.41, 5.74) is 2.74. The van der Waals surface area contributed by atoms with Crippen LogP contribution >= 0.6 is 0 Å². The molecule has 1 aliphatic rings. The second-order valence-electron chi connectivity index (χ2n) is 7.39. The van der Waals surface area contributed by atoms with Crippen molar-refractivity contribution in [3.8, 4) is 11.3 Å². The first kappa shape index (κ1) is 19.8. The van der Waals surface area contributed by atoms with Gasteiger partial charge in [-0.3, -0.25) is 24.5 Å². The van der Waals surface area contributed by atoms with Gasteiger partial charge in [-0.2, -0.15) is 0 Å². The van der Waals surface area contributed by atoms with E-state index in [-0.39, 0.29) is 16.2 Å². The molecule has 0 saturated carbocycles. The Labute approximate surface area is 174 Å². The lowest BCUT2D eigenvalue weighted by Crippen LogP contribution is -2.39. The summed E-state index contributed by atoms with van der Waals surface area (Å²) in [5.74, 6) is 0.732.